The largest absolute Gasteiger partial charge is 0.330 e. The lowest BCUT2D eigenvalue weighted by Crippen LogP contribution is -2.33. The van der Waals surface area contributed by atoms with Gasteiger partial charge in [-0.1, -0.05) is 19.1 Å². The van der Waals surface area contributed by atoms with Gasteiger partial charge in [-0.15, -0.1) is 5.10 Å². The smallest absolute Gasteiger partial charge is 0.0829 e. The van der Waals surface area contributed by atoms with Crippen LogP contribution in [0.25, 0.3) is 0 Å². The van der Waals surface area contributed by atoms with Gasteiger partial charge in [0.2, 0.25) is 0 Å². The second-order valence-electron chi connectivity index (χ2n) is 6.16. The number of hydrogen-bond acceptors (Lipinski definition) is 3. The Labute approximate surface area is 110 Å². The van der Waals surface area contributed by atoms with Gasteiger partial charge < -0.3 is 5.73 Å². The third-order valence-electron chi connectivity index (χ3n) is 4.55. The van der Waals surface area contributed by atoms with Crippen molar-refractivity contribution in [2.24, 2.45) is 36.5 Å². The fourth-order valence-corrected chi connectivity index (χ4v) is 3.29. The maximum atomic E-state index is 5.93. The van der Waals surface area contributed by atoms with Crippen LogP contribution in [0.3, 0.4) is 0 Å². The van der Waals surface area contributed by atoms with Crippen molar-refractivity contribution in [1.29, 1.82) is 0 Å². The van der Waals surface area contributed by atoms with Gasteiger partial charge in [0.1, 0.15) is 0 Å². The summed E-state index contributed by atoms with van der Waals surface area (Å²) in [6.07, 6.45) is 7.00. The Hall–Kier alpha value is -0.900. The van der Waals surface area contributed by atoms with Crippen LogP contribution in [0.15, 0.2) is 6.20 Å². The summed E-state index contributed by atoms with van der Waals surface area (Å²) in [5, 5.41) is 8.24. The van der Waals surface area contributed by atoms with E-state index in [9.17, 15) is 0 Å². The monoisotopic (exact) mass is 250 g/mol. The third-order valence-corrected chi connectivity index (χ3v) is 4.55. The van der Waals surface area contributed by atoms with Crippen LogP contribution >= 0.6 is 0 Å². The number of nitrogens with zero attached hydrogens (tertiary/aromatic N) is 3. The Balaban J connectivity index is 2.02. The fourth-order valence-electron chi connectivity index (χ4n) is 3.29. The minimum atomic E-state index is 0.669. The van der Waals surface area contributed by atoms with Crippen LogP contribution in [0.5, 0.6) is 0 Å². The van der Waals surface area contributed by atoms with E-state index in [2.05, 4.69) is 24.2 Å². The van der Waals surface area contributed by atoms with Gasteiger partial charge in [0.05, 0.1) is 5.69 Å². The first-order chi connectivity index (χ1) is 8.60. The summed E-state index contributed by atoms with van der Waals surface area (Å²) in [6.45, 7) is 5.50. The highest BCUT2D eigenvalue weighted by atomic mass is 15.4. The standard InChI is InChI=1S/C14H26N4/c1-10(2)11-4-5-12(8-15)13(6-11)7-14-9-18(3)17-16-14/h9-13H,4-8,15H2,1-3H3. The minimum Gasteiger partial charge on any atom is -0.330 e. The molecule has 2 rings (SSSR count). The third kappa shape index (κ3) is 3.10. The van der Waals surface area contributed by atoms with Crippen LogP contribution in [-0.2, 0) is 13.5 Å². The summed E-state index contributed by atoms with van der Waals surface area (Å²) >= 11 is 0. The molecular weight excluding hydrogens is 224 g/mol. The van der Waals surface area contributed by atoms with Gasteiger partial charge in [-0.05, 0) is 55.9 Å². The van der Waals surface area contributed by atoms with Crippen molar-refractivity contribution >= 4 is 0 Å². The van der Waals surface area contributed by atoms with Gasteiger partial charge in [0.15, 0.2) is 0 Å². The minimum absolute atomic E-state index is 0.669. The van der Waals surface area contributed by atoms with Crippen molar-refractivity contribution < 1.29 is 0 Å². The van der Waals surface area contributed by atoms with Gasteiger partial charge >= 0.3 is 0 Å². The van der Waals surface area contributed by atoms with Crippen LogP contribution in [0, 0.1) is 23.7 Å². The van der Waals surface area contributed by atoms with Crippen molar-refractivity contribution in [2.45, 2.75) is 39.5 Å². The first kappa shape index (κ1) is 13.5. The first-order valence-corrected chi connectivity index (χ1v) is 7.15. The van der Waals surface area contributed by atoms with E-state index in [1.807, 2.05) is 13.2 Å². The van der Waals surface area contributed by atoms with Crippen molar-refractivity contribution in [3.05, 3.63) is 11.9 Å². The van der Waals surface area contributed by atoms with Gasteiger partial charge in [0, 0.05) is 13.2 Å². The molecule has 2 N–H and O–H groups in total. The van der Waals surface area contributed by atoms with E-state index in [-0.39, 0.29) is 0 Å². The van der Waals surface area contributed by atoms with E-state index >= 15 is 0 Å². The van der Waals surface area contributed by atoms with E-state index in [4.69, 9.17) is 5.73 Å². The molecule has 0 spiro atoms. The van der Waals surface area contributed by atoms with E-state index in [1.165, 1.54) is 19.3 Å². The molecule has 1 aliphatic rings. The molecule has 1 heterocycles. The summed E-state index contributed by atoms with van der Waals surface area (Å²) in [6, 6.07) is 0. The SMILES string of the molecule is CC(C)C1CCC(CN)C(Cc2cn(C)nn2)C1. The Bertz CT molecular complexity index is 372. The second kappa shape index (κ2) is 5.83. The maximum Gasteiger partial charge on any atom is 0.0829 e. The number of nitrogens with two attached hydrogens (primary N) is 1. The normalized spacial score (nSPS) is 28.8. The van der Waals surface area contributed by atoms with E-state index < -0.39 is 0 Å². The molecule has 0 radical (unpaired) electrons. The average molecular weight is 250 g/mol. The van der Waals surface area contributed by atoms with Crippen LogP contribution in [-0.4, -0.2) is 21.5 Å². The maximum absolute atomic E-state index is 5.93. The molecular formula is C14H26N4. The quantitative estimate of drug-likeness (QED) is 0.889. The number of aromatic nitrogens is 3. The Kier molecular flexibility index (Phi) is 4.38. The molecule has 4 heteroatoms. The molecule has 3 unspecified atom stereocenters. The molecule has 0 saturated heterocycles. The van der Waals surface area contributed by atoms with Gasteiger partial charge in [-0.3, -0.25) is 4.68 Å². The van der Waals surface area contributed by atoms with Gasteiger partial charge in [-0.2, -0.15) is 0 Å². The zero-order valence-corrected chi connectivity index (χ0v) is 11.8. The summed E-state index contributed by atoms with van der Waals surface area (Å²) in [5.74, 6) is 3.00. The van der Waals surface area contributed by atoms with Gasteiger partial charge in [-0.25, -0.2) is 0 Å². The van der Waals surface area contributed by atoms with Crippen LogP contribution in [0.1, 0.15) is 38.8 Å². The zero-order chi connectivity index (χ0) is 13.1. The number of rotatable bonds is 4. The average Bonchev–Trinajstić information content (AvgIpc) is 2.74. The first-order valence-electron chi connectivity index (χ1n) is 7.15. The van der Waals surface area contributed by atoms with E-state index in [0.717, 1.165) is 30.5 Å². The van der Waals surface area contributed by atoms with E-state index in [1.54, 1.807) is 4.68 Å². The highest BCUT2D eigenvalue weighted by Gasteiger charge is 2.31. The second-order valence-corrected chi connectivity index (χ2v) is 6.16. The number of aryl methyl sites for hydroxylation is 1. The molecule has 4 nitrogen and oxygen atoms in total. The molecule has 102 valence electrons. The highest BCUT2D eigenvalue weighted by molar-refractivity contribution is 4.97. The lowest BCUT2D eigenvalue weighted by Gasteiger charge is -2.37. The molecule has 1 aliphatic carbocycles. The van der Waals surface area contributed by atoms with Crippen LogP contribution < -0.4 is 5.73 Å². The Morgan fingerprint density at radius 1 is 1.39 bits per heavy atom. The molecule has 0 bridgehead atoms. The molecule has 18 heavy (non-hydrogen) atoms. The van der Waals surface area contributed by atoms with Crippen LogP contribution in [0.2, 0.25) is 0 Å². The molecule has 0 aromatic carbocycles. The van der Waals surface area contributed by atoms with Crippen molar-refractivity contribution in [3.8, 4) is 0 Å². The molecule has 3 atom stereocenters. The molecule has 1 aromatic rings. The molecule has 1 fully saturated rings. The van der Waals surface area contributed by atoms with Gasteiger partial charge in [0.25, 0.3) is 0 Å². The summed E-state index contributed by atoms with van der Waals surface area (Å²) in [4.78, 5) is 0. The molecule has 1 aromatic heterocycles. The lowest BCUT2D eigenvalue weighted by molar-refractivity contribution is 0.150. The van der Waals surface area contributed by atoms with Crippen molar-refractivity contribution in [2.75, 3.05) is 6.54 Å². The van der Waals surface area contributed by atoms with Crippen LogP contribution in [0.4, 0.5) is 0 Å². The summed E-state index contributed by atoms with van der Waals surface area (Å²) < 4.78 is 1.79. The van der Waals surface area contributed by atoms with Crippen molar-refractivity contribution in [3.63, 3.8) is 0 Å². The Morgan fingerprint density at radius 3 is 2.72 bits per heavy atom. The predicted molar refractivity (Wildman–Crippen MR) is 72.9 cm³/mol. The predicted octanol–water partition coefficient (Wildman–Crippen LogP) is 2.00. The zero-order valence-electron chi connectivity index (χ0n) is 11.8. The summed E-state index contributed by atoms with van der Waals surface area (Å²) in [7, 11) is 1.93. The molecule has 0 amide bonds. The molecule has 1 saturated carbocycles. The lowest BCUT2D eigenvalue weighted by atomic mass is 9.69. The number of hydrogen-bond donors (Lipinski definition) is 1. The molecule has 0 aliphatic heterocycles. The topological polar surface area (TPSA) is 56.7 Å². The highest BCUT2D eigenvalue weighted by Crippen LogP contribution is 2.38. The van der Waals surface area contributed by atoms with Crippen molar-refractivity contribution in [1.82, 2.24) is 15.0 Å². The fraction of sp³-hybridized carbons (Fsp3) is 0.857. The van der Waals surface area contributed by atoms with E-state index in [0.29, 0.717) is 11.8 Å². The summed E-state index contributed by atoms with van der Waals surface area (Å²) in [5.41, 5.74) is 7.05. The Morgan fingerprint density at radius 2 is 2.17 bits per heavy atom.